The van der Waals surface area contributed by atoms with Crippen molar-refractivity contribution in [3.05, 3.63) is 0 Å². The first-order valence-electron chi connectivity index (χ1n) is 1.54. The smallest absolute Gasteiger partial charge is 0.112 e. The van der Waals surface area contributed by atoms with Gasteiger partial charge < -0.3 is 5.41 Å². The lowest BCUT2D eigenvalue weighted by Gasteiger charge is -1.85. The van der Waals surface area contributed by atoms with E-state index in [0.717, 1.165) is 0 Å². The van der Waals surface area contributed by atoms with Gasteiger partial charge in [0.2, 0.25) is 0 Å². The van der Waals surface area contributed by atoms with Gasteiger partial charge in [-0.15, -0.1) is 23.2 Å². The minimum atomic E-state index is -0.400. The van der Waals surface area contributed by atoms with Crippen molar-refractivity contribution in [2.45, 2.75) is 11.3 Å². The predicted molar refractivity (Wildman–Crippen MR) is 28.9 cm³/mol. The molecule has 0 spiro atoms. The number of alkyl halides is 2. The Morgan fingerprint density at radius 2 is 2.17 bits per heavy atom. The van der Waals surface area contributed by atoms with Gasteiger partial charge in [-0.25, -0.2) is 0 Å². The van der Waals surface area contributed by atoms with Crippen molar-refractivity contribution in [2.24, 2.45) is 0 Å². The van der Waals surface area contributed by atoms with Crippen LogP contribution in [0.3, 0.4) is 0 Å². The average molecular weight is 126 g/mol. The Hall–Kier alpha value is 0.250. The van der Waals surface area contributed by atoms with Crippen LogP contribution in [0.4, 0.5) is 0 Å². The third kappa shape index (κ3) is 4.25. The first-order valence-corrected chi connectivity index (χ1v) is 2.41. The van der Waals surface area contributed by atoms with E-state index in [2.05, 4.69) is 0 Å². The molecule has 0 bridgehead atoms. The van der Waals surface area contributed by atoms with Crippen molar-refractivity contribution < 1.29 is 0 Å². The zero-order chi connectivity index (χ0) is 4.99. The lowest BCUT2D eigenvalue weighted by atomic mass is 10.5. The second-order valence-electron chi connectivity index (χ2n) is 0.831. The fraction of sp³-hybridized carbons (Fsp3) is 0.667. The van der Waals surface area contributed by atoms with E-state index in [4.69, 9.17) is 28.6 Å². The minimum absolute atomic E-state index is 0.400. The maximum atomic E-state index is 6.44. The second-order valence-corrected chi connectivity index (χ2v) is 2.11. The molecule has 1 N–H and O–H groups in total. The van der Waals surface area contributed by atoms with E-state index >= 15 is 0 Å². The molecule has 0 aliphatic carbocycles. The number of hydrogen-bond acceptors (Lipinski definition) is 1. The number of hydrogen-bond donors (Lipinski definition) is 1. The minimum Gasteiger partial charge on any atom is -0.313 e. The molecule has 0 saturated heterocycles. The molecule has 0 aliphatic rings. The van der Waals surface area contributed by atoms with Gasteiger partial charge in [-0.2, -0.15) is 0 Å². The Morgan fingerprint density at radius 3 is 2.17 bits per heavy atom. The fourth-order valence-electron chi connectivity index (χ4n) is 0.0891. The van der Waals surface area contributed by atoms with Crippen LogP contribution in [0.5, 0.6) is 0 Å². The summed E-state index contributed by atoms with van der Waals surface area (Å²) in [7, 11) is 0. The molecule has 0 radical (unpaired) electrons. The van der Waals surface area contributed by atoms with Gasteiger partial charge in [-0.05, 0) is 6.21 Å². The average Bonchev–Trinajstić information content (AvgIpc) is 1.35. The summed E-state index contributed by atoms with van der Waals surface area (Å²) in [6, 6.07) is 0. The Kier molecular flexibility index (Phi) is 3.58. The van der Waals surface area contributed by atoms with Crippen molar-refractivity contribution in [1.29, 1.82) is 5.41 Å². The van der Waals surface area contributed by atoms with Gasteiger partial charge in [0.15, 0.2) is 0 Å². The quantitative estimate of drug-likeness (QED) is 0.431. The van der Waals surface area contributed by atoms with Gasteiger partial charge in [0.1, 0.15) is 4.84 Å². The number of rotatable bonds is 2. The van der Waals surface area contributed by atoms with Crippen LogP contribution < -0.4 is 0 Å². The standard InChI is InChI=1S/C3H5Cl2N/c4-3(5)1-2-6/h2-3,6H,1H2. The van der Waals surface area contributed by atoms with Crippen molar-refractivity contribution in [3.63, 3.8) is 0 Å². The monoisotopic (exact) mass is 125 g/mol. The Bertz CT molecular complexity index is 44.1. The Morgan fingerprint density at radius 1 is 1.67 bits per heavy atom. The molecule has 0 fully saturated rings. The van der Waals surface area contributed by atoms with Gasteiger partial charge in [0.25, 0.3) is 0 Å². The summed E-state index contributed by atoms with van der Waals surface area (Å²) in [5.41, 5.74) is 0. The predicted octanol–water partition coefficient (Wildman–Crippen LogP) is 1.83. The van der Waals surface area contributed by atoms with Gasteiger partial charge >= 0.3 is 0 Å². The maximum absolute atomic E-state index is 6.44. The summed E-state index contributed by atoms with van der Waals surface area (Å²) >= 11 is 10.4. The molecule has 0 aromatic carbocycles. The third-order valence-electron chi connectivity index (χ3n) is 0.296. The van der Waals surface area contributed by atoms with E-state index < -0.39 is 4.84 Å². The first kappa shape index (κ1) is 6.25. The zero-order valence-corrected chi connectivity index (χ0v) is 4.63. The number of nitrogens with one attached hydrogen (secondary N) is 1. The van der Waals surface area contributed by atoms with Gasteiger partial charge in [-0.3, -0.25) is 0 Å². The van der Waals surface area contributed by atoms with E-state index in [1.807, 2.05) is 0 Å². The third-order valence-corrected chi connectivity index (χ3v) is 0.652. The highest BCUT2D eigenvalue weighted by molar-refractivity contribution is 6.44. The maximum Gasteiger partial charge on any atom is 0.112 e. The highest BCUT2D eigenvalue weighted by atomic mass is 35.5. The molecular weight excluding hydrogens is 121 g/mol. The van der Waals surface area contributed by atoms with E-state index in [-0.39, 0.29) is 0 Å². The molecule has 0 saturated carbocycles. The lowest BCUT2D eigenvalue weighted by Crippen LogP contribution is -1.83. The molecule has 6 heavy (non-hydrogen) atoms. The van der Waals surface area contributed by atoms with E-state index in [1.165, 1.54) is 6.21 Å². The van der Waals surface area contributed by atoms with Gasteiger partial charge in [0.05, 0.1) is 0 Å². The highest BCUT2D eigenvalue weighted by Crippen LogP contribution is 2.02. The zero-order valence-electron chi connectivity index (χ0n) is 3.12. The van der Waals surface area contributed by atoms with Crippen LogP contribution in [-0.4, -0.2) is 11.1 Å². The summed E-state index contributed by atoms with van der Waals surface area (Å²) in [4.78, 5) is -0.400. The molecule has 36 valence electrons. The molecule has 3 heteroatoms. The van der Waals surface area contributed by atoms with E-state index in [9.17, 15) is 0 Å². The summed E-state index contributed by atoms with van der Waals surface area (Å²) in [5, 5.41) is 6.44. The molecule has 0 heterocycles. The van der Waals surface area contributed by atoms with Gasteiger partial charge in [0, 0.05) is 6.42 Å². The molecular formula is C3H5Cl2N. The Balaban J connectivity index is 2.81. The summed E-state index contributed by atoms with van der Waals surface area (Å²) in [6.07, 6.45) is 1.63. The van der Waals surface area contributed by atoms with Gasteiger partial charge in [-0.1, -0.05) is 0 Å². The van der Waals surface area contributed by atoms with Crippen LogP contribution in [0.1, 0.15) is 6.42 Å². The molecule has 0 atom stereocenters. The Labute approximate surface area is 46.8 Å². The first-order chi connectivity index (χ1) is 2.77. The lowest BCUT2D eigenvalue weighted by molar-refractivity contribution is 1.22. The van der Waals surface area contributed by atoms with Crippen LogP contribution in [0.15, 0.2) is 0 Å². The van der Waals surface area contributed by atoms with Crippen LogP contribution in [-0.2, 0) is 0 Å². The van der Waals surface area contributed by atoms with E-state index in [1.54, 1.807) is 0 Å². The summed E-state index contributed by atoms with van der Waals surface area (Å²) in [6.45, 7) is 0. The number of halogens is 2. The van der Waals surface area contributed by atoms with Crippen molar-refractivity contribution in [1.82, 2.24) is 0 Å². The van der Waals surface area contributed by atoms with Crippen LogP contribution in [0, 0.1) is 5.41 Å². The molecule has 0 unspecified atom stereocenters. The topological polar surface area (TPSA) is 23.9 Å². The molecule has 1 nitrogen and oxygen atoms in total. The van der Waals surface area contributed by atoms with Crippen LogP contribution in [0.2, 0.25) is 0 Å². The fourth-order valence-corrected chi connectivity index (χ4v) is 0.267. The van der Waals surface area contributed by atoms with Crippen LogP contribution >= 0.6 is 23.2 Å². The molecule has 0 aromatic rings. The summed E-state index contributed by atoms with van der Waals surface area (Å²) < 4.78 is 0. The SMILES string of the molecule is N=CCC(Cl)Cl. The van der Waals surface area contributed by atoms with Crippen molar-refractivity contribution >= 4 is 29.4 Å². The van der Waals surface area contributed by atoms with Crippen LogP contribution in [0.25, 0.3) is 0 Å². The van der Waals surface area contributed by atoms with Crippen molar-refractivity contribution in [3.8, 4) is 0 Å². The molecule has 0 aromatic heterocycles. The molecule has 0 amide bonds. The van der Waals surface area contributed by atoms with E-state index in [0.29, 0.717) is 6.42 Å². The summed E-state index contributed by atoms with van der Waals surface area (Å²) in [5.74, 6) is 0. The highest BCUT2D eigenvalue weighted by Gasteiger charge is 1.90. The second kappa shape index (κ2) is 3.44. The molecule has 0 rings (SSSR count). The largest absolute Gasteiger partial charge is 0.313 e. The molecule has 0 aliphatic heterocycles. The normalized spacial score (nSPS) is 9.17. The van der Waals surface area contributed by atoms with Crippen molar-refractivity contribution in [2.75, 3.05) is 0 Å².